The lowest BCUT2D eigenvalue weighted by Gasteiger charge is -2.14. The highest BCUT2D eigenvalue weighted by molar-refractivity contribution is 6.01. The van der Waals surface area contributed by atoms with Crippen molar-refractivity contribution in [3.05, 3.63) is 70.8 Å². The second-order valence-electron chi connectivity index (χ2n) is 8.44. The lowest BCUT2D eigenvalue weighted by atomic mass is 9.97. The Morgan fingerprint density at radius 2 is 1.75 bits per heavy atom. The topological polar surface area (TPSA) is 40.0 Å². The van der Waals surface area contributed by atoms with Gasteiger partial charge in [-0.25, -0.2) is 0 Å². The molecule has 2 rings (SSSR count). The highest BCUT2D eigenvalue weighted by Crippen LogP contribution is 2.28. The van der Waals surface area contributed by atoms with Gasteiger partial charge in [-0.15, -0.1) is 0 Å². The molecule has 0 heterocycles. The number of oxime groups is 1. The van der Waals surface area contributed by atoms with Gasteiger partial charge in [-0.2, -0.15) is 0 Å². The minimum Gasteiger partial charge on any atom is -0.493 e. The van der Waals surface area contributed by atoms with Crippen molar-refractivity contribution in [2.45, 2.75) is 60.3 Å². The van der Waals surface area contributed by atoms with Gasteiger partial charge >= 0.3 is 0 Å². The molecule has 174 valence electrons. The Morgan fingerprint density at radius 1 is 1.00 bits per heavy atom. The van der Waals surface area contributed by atoms with Crippen molar-refractivity contribution >= 4 is 5.71 Å². The van der Waals surface area contributed by atoms with Gasteiger partial charge in [-0.05, 0) is 92.8 Å². The predicted molar refractivity (Wildman–Crippen MR) is 134 cm³/mol. The van der Waals surface area contributed by atoms with Crippen LogP contribution in [0.2, 0.25) is 0 Å². The molecule has 2 aromatic rings. The summed E-state index contributed by atoms with van der Waals surface area (Å²) >= 11 is 0. The molecule has 32 heavy (non-hydrogen) atoms. The van der Waals surface area contributed by atoms with Gasteiger partial charge in [-0.1, -0.05) is 49.4 Å². The summed E-state index contributed by atoms with van der Waals surface area (Å²) in [6.45, 7) is 11.8. The molecular weight excluding hydrogens is 398 g/mol. The van der Waals surface area contributed by atoms with Crippen LogP contribution >= 0.6 is 0 Å². The average Bonchev–Trinajstić information content (AvgIpc) is 2.76. The van der Waals surface area contributed by atoms with E-state index >= 15 is 0 Å². The summed E-state index contributed by atoms with van der Waals surface area (Å²) in [4.78, 5) is 5.03. The maximum Gasteiger partial charge on any atom is 0.125 e. The molecule has 0 aromatic heterocycles. The van der Waals surface area contributed by atoms with E-state index in [4.69, 9.17) is 14.3 Å². The molecule has 0 amide bonds. The number of unbranched alkanes of at least 4 members (excludes halogenated alkanes) is 2. The average molecular weight is 438 g/mol. The third kappa shape index (κ3) is 8.07. The maximum absolute atomic E-state index is 6.11. The van der Waals surface area contributed by atoms with Crippen molar-refractivity contribution in [1.29, 1.82) is 0 Å². The van der Waals surface area contributed by atoms with Crippen LogP contribution in [-0.2, 0) is 11.3 Å². The molecule has 0 atom stereocenters. The zero-order valence-electron chi connectivity index (χ0n) is 20.6. The minimum absolute atomic E-state index is 0.322. The zero-order valence-corrected chi connectivity index (χ0v) is 20.6. The maximum atomic E-state index is 6.11. The molecule has 0 unspecified atom stereocenters. The van der Waals surface area contributed by atoms with E-state index < -0.39 is 0 Å². The molecule has 2 aromatic carbocycles. The molecular formula is C28H39NO3. The van der Waals surface area contributed by atoms with Crippen LogP contribution in [0.5, 0.6) is 11.5 Å². The van der Waals surface area contributed by atoms with Crippen LogP contribution in [0.3, 0.4) is 0 Å². The SMILES string of the molecule is C/C=C/COc1cc(C)c(OCCCCCc2cccc(/C(=N/OC)C(C)C)c2)c(C)c1. The number of ether oxygens (including phenoxy) is 2. The van der Waals surface area contributed by atoms with E-state index in [1.807, 2.05) is 19.1 Å². The fourth-order valence-corrected chi connectivity index (χ4v) is 3.72. The standard InChI is InChI=1S/C28H39NO3/c1-7-8-16-31-26-18-22(4)28(23(5)19-26)32-17-11-9-10-13-24-14-12-15-25(20-24)27(21(2)3)29-30-6/h7-8,12,14-15,18-21H,9-11,13,16-17H2,1-6H3/b8-7+,29-27+. The van der Waals surface area contributed by atoms with Crippen LogP contribution < -0.4 is 9.47 Å². The molecule has 0 aliphatic rings. The number of benzene rings is 2. The fraction of sp³-hybridized carbons (Fsp3) is 0.464. The van der Waals surface area contributed by atoms with E-state index in [9.17, 15) is 0 Å². The lowest BCUT2D eigenvalue weighted by molar-refractivity contribution is 0.212. The first kappa shape index (κ1) is 25.5. The van der Waals surface area contributed by atoms with Crippen molar-refractivity contribution in [3.8, 4) is 11.5 Å². The Hall–Kier alpha value is -2.75. The molecule has 0 aliphatic carbocycles. The number of nitrogens with zero attached hydrogens (tertiary/aromatic N) is 1. The third-order valence-corrected chi connectivity index (χ3v) is 5.33. The Kier molecular flexibility index (Phi) is 10.9. The highest BCUT2D eigenvalue weighted by Gasteiger charge is 2.10. The Balaban J connectivity index is 1.79. The smallest absolute Gasteiger partial charge is 0.125 e. The Morgan fingerprint density at radius 3 is 2.41 bits per heavy atom. The molecule has 0 saturated heterocycles. The van der Waals surface area contributed by atoms with Gasteiger partial charge in [0.2, 0.25) is 0 Å². The molecule has 0 radical (unpaired) electrons. The summed E-state index contributed by atoms with van der Waals surface area (Å²) in [6.07, 6.45) is 8.37. The highest BCUT2D eigenvalue weighted by atomic mass is 16.6. The molecule has 4 heteroatoms. The molecule has 0 aliphatic heterocycles. The fourth-order valence-electron chi connectivity index (χ4n) is 3.72. The van der Waals surface area contributed by atoms with Crippen molar-refractivity contribution in [2.75, 3.05) is 20.3 Å². The second-order valence-corrected chi connectivity index (χ2v) is 8.44. The normalized spacial score (nSPS) is 11.9. The summed E-state index contributed by atoms with van der Waals surface area (Å²) in [6, 6.07) is 12.8. The number of hydrogen-bond donors (Lipinski definition) is 0. The summed E-state index contributed by atoms with van der Waals surface area (Å²) in [5, 5.41) is 4.21. The second kappa shape index (κ2) is 13.6. The van der Waals surface area contributed by atoms with E-state index in [-0.39, 0.29) is 0 Å². The van der Waals surface area contributed by atoms with E-state index in [0.717, 1.165) is 66.2 Å². The van der Waals surface area contributed by atoms with Gasteiger partial charge in [0, 0.05) is 0 Å². The quantitative estimate of drug-likeness (QED) is 0.146. The van der Waals surface area contributed by atoms with Crippen LogP contribution in [-0.4, -0.2) is 26.0 Å². The van der Waals surface area contributed by atoms with Crippen molar-refractivity contribution < 1.29 is 14.3 Å². The third-order valence-electron chi connectivity index (χ3n) is 5.33. The van der Waals surface area contributed by atoms with E-state index in [2.05, 4.69) is 69.2 Å². The van der Waals surface area contributed by atoms with E-state index in [1.165, 1.54) is 5.56 Å². The lowest BCUT2D eigenvalue weighted by Crippen LogP contribution is -2.10. The predicted octanol–water partition coefficient (Wildman–Crippen LogP) is 7.06. The van der Waals surface area contributed by atoms with Gasteiger partial charge < -0.3 is 14.3 Å². The zero-order chi connectivity index (χ0) is 23.3. The van der Waals surface area contributed by atoms with Crippen LogP contribution in [0.1, 0.15) is 62.3 Å². The van der Waals surface area contributed by atoms with Crippen LogP contribution in [0.15, 0.2) is 53.7 Å². The number of aryl methyl sites for hydroxylation is 3. The van der Waals surface area contributed by atoms with Crippen LogP contribution in [0, 0.1) is 19.8 Å². The van der Waals surface area contributed by atoms with Gasteiger partial charge in [0.1, 0.15) is 25.2 Å². The van der Waals surface area contributed by atoms with E-state index in [1.54, 1.807) is 7.11 Å². The summed E-state index contributed by atoms with van der Waals surface area (Å²) in [5.74, 6) is 2.20. The number of allylic oxidation sites excluding steroid dienone is 1. The van der Waals surface area contributed by atoms with Gasteiger partial charge in [-0.3, -0.25) is 0 Å². The van der Waals surface area contributed by atoms with E-state index in [0.29, 0.717) is 12.5 Å². The minimum atomic E-state index is 0.322. The van der Waals surface area contributed by atoms with Gasteiger partial charge in [0.15, 0.2) is 0 Å². The monoisotopic (exact) mass is 437 g/mol. The largest absolute Gasteiger partial charge is 0.493 e. The van der Waals surface area contributed by atoms with Crippen LogP contribution in [0.25, 0.3) is 0 Å². The number of rotatable bonds is 13. The molecule has 0 N–H and O–H groups in total. The Bertz CT molecular complexity index is 876. The summed E-state index contributed by atoms with van der Waals surface area (Å²) < 4.78 is 11.9. The van der Waals surface area contributed by atoms with Crippen LogP contribution in [0.4, 0.5) is 0 Å². The molecule has 4 nitrogen and oxygen atoms in total. The first-order valence-corrected chi connectivity index (χ1v) is 11.6. The van der Waals surface area contributed by atoms with Crippen molar-refractivity contribution in [2.24, 2.45) is 11.1 Å². The summed E-state index contributed by atoms with van der Waals surface area (Å²) in [5.41, 5.74) is 5.72. The van der Waals surface area contributed by atoms with Crippen molar-refractivity contribution in [1.82, 2.24) is 0 Å². The number of hydrogen-bond acceptors (Lipinski definition) is 4. The van der Waals surface area contributed by atoms with Gasteiger partial charge in [0.05, 0.1) is 12.3 Å². The molecule has 0 saturated carbocycles. The first-order chi connectivity index (χ1) is 15.5. The first-order valence-electron chi connectivity index (χ1n) is 11.6. The van der Waals surface area contributed by atoms with Crippen molar-refractivity contribution in [3.63, 3.8) is 0 Å². The molecule has 0 spiro atoms. The summed E-state index contributed by atoms with van der Waals surface area (Å²) in [7, 11) is 1.60. The molecule has 0 bridgehead atoms. The van der Waals surface area contributed by atoms with Gasteiger partial charge in [0.25, 0.3) is 0 Å². The molecule has 0 fully saturated rings. The Labute approximate surface area is 194 Å².